The molecule has 0 aliphatic rings. The molecule has 0 aliphatic heterocycles. The van der Waals surface area contributed by atoms with Crippen LogP contribution in [-0.2, 0) is 6.18 Å². The number of fused-ring (bicyclic) bond motifs is 1. The fraction of sp³-hybridized carbons (Fsp3) is 0.182. The number of anilines is 1. The summed E-state index contributed by atoms with van der Waals surface area (Å²) in [6.07, 6.45) is -4.52. The Balaban J connectivity index is 2.87. The molecule has 1 aromatic heterocycles. The average molecular weight is 276 g/mol. The number of benzene rings is 1. The summed E-state index contributed by atoms with van der Waals surface area (Å²) in [5, 5.41) is 0.857. The Morgan fingerprint density at radius 2 is 2.00 bits per heavy atom. The Bertz CT molecular complexity index is 610. The van der Waals surface area contributed by atoms with Crippen LogP contribution in [0.5, 0.6) is 0 Å². The van der Waals surface area contributed by atoms with E-state index in [1.54, 1.807) is 0 Å². The van der Waals surface area contributed by atoms with Crippen LogP contribution >= 0.6 is 11.6 Å². The van der Waals surface area contributed by atoms with Gasteiger partial charge in [-0.25, -0.2) is 4.98 Å². The molecule has 0 saturated heterocycles. The van der Waals surface area contributed by atoms with Gasteiger partial charge in [0.25, 0.3) is 0 Å². The topological polar surface area (TPSA) is 50.9 Å². The number of pyridine rings is 1. The molecule has 1 heterocycles. The molecular weight excluding hydrogens is 267 g/mol. The van der Waals surface area contributed by atoms with Crippen LogP contribution in [0.4, 0.5) is 18.9 Å². The standard InChI is InChI=1S/C11H9ClF3N3/c1-5-9(18-16)7-4-6(12)2-3-8(7)17-10(5)11(13,14)15/h2-4H,16H2,1H3,(H,17,18). The van der Waals surface area contributed by atoms with E-state index in [-0.39, 0.29) is 16.8 Å². The van der Waals surface area contributed by atoms with Crippen molar-refractivity contribution in [1.82, 2.24) is 4.98 Å². The summed E-state index contributed by atoms with van der Waals surface area (Å²) in [7, 11) is 0. The van der Waals surface area contributed by atoms with E-state index in [0.29, 0.717) is 10.4 Å². The number of halogens is 4. The maximum atomic E-state index is 12.8. The highest BCUT2D eigenvalue weighted by molar-refractivity contribution is 6.31. The molecule has 0 fully saturated rings. The van der Waals surface area contributed by atoms with Crippen LogP contribution in [0.1, 0.15) is 11.3 Å². The van der Waals surface area contributed by atoms with Crippen LogP contribution in [-0.4, -0.2) is 4.98 Å². The highest BCUT2D eigenvalue weighted by Crippen LogP contribution is 2.37. The van der Waals surface area contributed by atoms with Gasteiger partial charge in [-0.15, -0.1) is 0 Å². The van der Waals surface area contributed by atoms with Crippen LogP contribution in [0.25, 0.3) is 10.9 Å². The molecule has 2 aromatic rings. The monoisotopic (exact) mass is 275 g/mol. The second-order valence-corrected chi connectivity index (χ2v) is 4.20. The van der Waals surface area contributed by atoms with Crippen molar-refractivity contribution in [3.8, 4) is 0 Å². The number of aromatic nitrogens is 1. The Morgan fingerprint density at radius 1 is 1.33 bits per heavy atom. The first kappa shape index (κ1) is 12.9. The predicted octanol–water partition coefficient (Wildman–Crippen LogP) is 3.50. The zero-order chi connectivity index (χ0) is 13.5. The number of nitrogens with one attached hydrogen (secondary N) is 1. The van der Waals surface area contributed by atoms with E-state index in [1.807, 2.05) is 0 Å². The van der Waals surface area contributed by atoms with Crippen LogP contribution in [0.15, 0.2) is 18.2 Å². The smallest absolute Gasteiger partial charge is 0.323 e. The fourth-order valence-electron chi connectivity index (χ4n) is 1.79. The molecule has 0 bridgehead atoms. The zero-order valence-corrected chi connectivity index (χ0v) is 10.0. The SMILES string of the molecule is Cc1c(C(F)(F)F)nc2ccc(Cl)cc2c1NN. The maximum absolute atomic E-state index is 12.8. The van der Waals surface area contributed by atoms with Crippen molar-refractivity contribution in [2.24, 2.45) is 5.84 Å². The first-order valence-corrected chi connectivity index (χ1v) is 5.36. The van der Waals surface area contributed by atoms with Crippen molar-refractivity contribution < 1.29 is 13.2 Å². The Kier molecular flexibility index (Phi) is 3.08. The number of hydrogen-bond donors (Lipinski definition) is 2. The van der Waals surface area contributed by atoms with Gasteiger partial charge in [0.15, 0.2) is 0 Å². The van der Waals surface area contributed by atoms with E-state index in [2.05, 4.69) is 10.4 Å². The quantitative estimate of drug-likeness (QED) is 0.619. The van der Waals surface area contributed by atoms with Gasteiger partial charge in [0, 0.05) is 16.0 Å². The highest BCUT2D eigenvalue weighted by Gasteiger charge is 2.36. The number of hydrazine groups is 1. The molecular formula is C11H9ClF3N3. The second kappa shape index (κ2) is 4.29. The molecule has 0 aliphatic carbocycles. The van der Waals surface area contributed by atoms with Gasteiger partial charge in [0.1, 0.15) is 5.69 Å². The first-order valence-electron chi connectivity index (χ1n) is 4.98. The predicted molar refractivity (Wildman–Crippen MR) is 64.3 cm³/mol. The summed E-state index contributed by atoms with van der Waals surface area (Å²) in [6, 6.07) is 4.42. The molecule has 3 N–H and O–H groups in total. The number of nitrogens with zero attached hydrogens (tertiary/aromatic N) is 1. The van der Waals surface area contributed by atoms with E-state index in [1.165, 1.54) is 25.1 Å². The van der Waals surface area contributed by atoms with E-state index >= 15 is 0 Å². The fourth-order valence-corrected chi connectivity index (χ4v) is 1.96. The lowest BCUT2D eigenvalue weighted by Gasteiger charge is -2.15. The van der Waals surface area contributed by atoms with Gasteiger partial charge in [0.2, 0.25) is 0 Å². The summed E-state index contributed by atoms with van der Waals surface area (Å²) < 4.78 is 38.4. The Hall–Kier alpha value is -1.53. The number of alkyl halides is 3. The van der Waals surface area contributed by atoms with Gasteiger partial charge < -0.3 is 5.43 Å². The number of rotatable bonds is 1. The zero-order valence-electron chi connectivity index (χ0n) is 9.27. The molecule has 18 heavy (non-hydrogen) atoms. The van der Waals surface area contributed by atoms with Crippen molar-refractivity contribution in [3.05, 3.63) is 34.5 Å². The van der Waals surface area contributed by atoms with Crippen molar-refractivity contribution in [1.29, 1.82) is 0 Å². The lowest BCUT2D eigenvalue weighted by Crippen LogP contribution is -2.16. The third kappa shape index (κ3) is 2.09. The Labute approximate surface area is 106 Å². The number of nitrogens with two attached hydrogens (primary N) is 1. The van der Waals surface area contributed by atoms with Gasteiger partial charge >= 0.3 is 6.18 Å². The van der Waals surface area contributed by atoms with Gasteiger partial charge in [0.05, 0.1) is 11.2 Å². The minimum Gasteiger partial charge on any atom is -0.323 e. The molecule has 2 rings (SSSR count). The van der Waals surface area contributed by atoms with Gasteiger partial charge in [-0.2, -0.15) is 13.2 Å². The maximum Gasteiger partial charge on any atom is 0.433 e. The minimum atomic E-state index is -4.52. The largest absolute Gasteiger partial charge is 0.433 e. The molecule has 0 atom stereocenters. The second-order valence-electron chi connectivity index (χ2n) is 3.76. The van der Waals surface area contributed by atoms with Crippen LogP contribution in [0.3, 0.4) is 0 Å². The summed E-state index contributed by atoms with van der Waals surface area (Å²) in [5.41, 5.74) is 1.63. The van der Waals surface area contributed by atoms with Crippen molar-refractivity contribution >= 4 is 28.2 Å². The normalized spacial score (nSPS) is 11.9. The molecule has 96 valence electrons. The average Bonchev–Trinajstić information content (AvgIpc) is 2.26. The summed E-state index contributed by atoms with van der Waals surface area (Å²) in [6.45, 7) is 1.31. The van der Waals surface area contributed by atoms with Crippen LogP contribution in [0.2, 0.25) is 5.02 Å². The summed E-state index contributed by atoms with van der Waals surface area (Å²) in [4.78, 5) is 3.62. The van der Waals surface area contributed by atoms with Gasteiger partial charge in [-0.05, 0) is 25.1 Å². The highest BCUT2D eigenvalue weighted by atomic mass is 35.5. The number of nitrogen functional groups attached to an aromatic ring is 1. The lowest BCUT2D eigenvalue weighted by molar-refractivity contribution is -0.141. The molecule has 0 saturated carbocycles. The van der Waals surface area contributed by atoms with Crippen molar-refractivity contribution in [2.75, 3.05) is 5.43 Å². The third-order valence-electron chi connectivity index (χ3n) is 2.60. The van der Waals surface area contributed by atoms with Crippen LogP contribution in [0, 0.1) is 6.92 Å². The Morgan fingerprint density at radius 3 is 2.56 bits per heavy atom. The molecule has 1 aromatic carbocycles. The van der Waals surface area contributed by atoms with E-state index in [9.17, 15) is 13.2 Å². The minimum absolute atomic E-state index is 0.0558. The van der Waals surface area contributed by atoms with Crippen molar-refractivity contribution in [3.63, 3.8) is 0 Å². The molecule has 0 spiro atoms. The molecule has 0 amide bonds. The first-order chi connectivity index (χ1) is 8.34. The van der Waals surface area contributed by atoms with Gasteiger partial charge in [-0.1, -0.05) is 11.6 Å². The van der Waals surface area contributed by atoms with E-state index in [4.69, 9.17) is 17.4 Å². The third-order valence-corrected chi connectivity index (χ3v) is 2.84. The van der Waals surface area contributed by atoms with Gasteiger partial charge in [-0.3, -0.25) is 5.84 Å². The lowest BCUT2D eigenvalue weighted by atomic mass is 10.1. The summed E-state index contributed by atoms with van der Waals surface area (Å²) in [5.74, 6) is 5.29. The molecule has 7 heteroatoms. The molecule has 3 nitrogen and oxygen atoms in total. The molecule has 0 unspecified atom stereocenters. The van der Waals surface area contributed by atoms with E-state index < -0.39 is 11.9 Å². The number of hydrogen-bond acceptors (Lipinski definition) is 3. The van der Waals surface area contributed by atoms with Crippen molar-refractivity contribution in [2.45, 2.75) is 13.1 Å². The van der Waals surface area contributed by atoms with Crippen LogP contribution < -0.4 is 11.3 Å². The molecule has 0 radical (unpaired) electrons. The summed E-state index contributed by atoms with van der Waals surface area (Å²) >= 11 is 5.81. The van der Waals surface area contributed by atoms with E-state index in [0.717, 1.165) is 0 Å².